The Bertz CT molecular complexity index is 385. The highest BCUT2D eigenvalue weighted by molar-refractivity contribution is 7.11. The predicted molar refractivity (Wildman–Crippen MR) is 60.3 cm³/mol. The van der Waals surface area contributed by atoms with Crippen molar-refractivity contribution in [1.29, 1.82) is 0 Å². The predicted octanol–water partition coefficient (Wildman–Crippen LogP) is 2.84. The summed E-state index contributed by atoms with van der Waals surface area (Å²) in [7, 11) is 0. The maximum atomic E-state index is 10.3. The maximum absolute atomic E-state index is 10.3. The molecule has 78 valence electrons. The van der Waals surface area contributed by atoms with E-state index < -0.39 is 5.97 Å². The van der Waals surface area contributed by atoms with Crippen LogP contribution in [0.5, 0.6) is 0 Å². The van der Waals surface area contributed by atoms with Crippen molar-refractivity contribution in [2.75, 3.05) is 0 Å². The minimum absolute atomic E-state index is 0.329. The number of thiazole rings is 1. The molecule has 1 aromatic heterocycles. The summed E-state index contributed by atoms with van der Waals surface area (Å²) in [4.78, 5) is 14.4. The van der Waals surface area contributed by atoms with Crippen LogP contribution in [0.1, 0.15) is 15.4 Å². The topological polar surface area (TPSA) is 50.2 Å². The van der Waals surface area contributed by atoms with Crippen LogP contribution in [0.15, 0.2) is 41.9 Å². The van der Waals surface area contributed by atoms with Gasteiger partial charge in [0.2, 0.25) is 0 Å². The summed E-state index contributed by atoms with van der Waals surface area (Å²) >= 11 is 1.15. The Morgan fingerprint density at radius 2 is 1.67 bits per heavy atom. The fourth-order valence-corrected chi connectivity index (χ4v) is 1.53. The number of aromatic carboxylic acids is 1. The molecule has 15 heavy (non-hydrogen) atoms. The standard InChI is InChI=1S/C6H6.C5H5NO2S/c1-2-4-6-5-3-1;1-3-4(5(7)8)9-2-6-3/h1-6H;2H,1H3,(H,7,8). The van der Waals surface area contributed by atoms with Crippen LogP contribution in [-0.2, 0) is 0 Å². The molecule has 0 unspecified atom stereocenters. The third-order valence-corrected chi connectivity index (χ3v) is 2.52. The molecule has 0 saturated carbocycles. The molecule has 0 atom stereocenters. The average Bonchev–Trinajstić information content (AvgIpc) is 2.68. The molecular weight excluding hydrogens is 210 g/mol. The Hall–Kier alpha value is -1.68. The zero-order valence-corrected chi connectivity index (χ0v) is 9.07. The zero-order chi connectivity index (χ0) is 11.1. The molecule has 2 aromatic rings. The van der Waals surface area contributed by atoms with E-state index in [1.165, 1.54) is 5.51 Å². The van der Waals surface area contributed by atoms with Crippen molar-refractivity contribution >= 4 is 17.3 Å². The SMILES string of the molecule is Cc1ncsc1C(=O)O.c1ccccc1. The Morgan fingerprint density at radius 3 is 1.87 bits per heavy atom. The molecule has 0 aliphatic heterocycles. The van der Waals surface area contributed by atoms with Crippen molar-refractivity contribution in [3.63, 3.8) is 0 Å². The second-order valence-electron chi connectivity index (χ2n) is 2.73. The first-order chi connectivity index (χ1) is 7.22. The lowest BCUT2D eigenvalue weighted by molar-refractivity contribution is 0.0701. The quantitative estimate of drug-likeness (QED) is 0.805. The molecule has 0 aliphatic rings. The van der Waals surface area contributed by atoms with Gasteiger partial charge in [0.05, 0.1) is 11.2 Å². The van der Waals surface area contributed by atoms with Gasteiger partial charge in [-0.05, 0) is 6.92 Å². The van der Waals surface area contributed by atoms with Crippen LogP contribution < -0.4 is 0 Å². The molecular formula is C11H11NO2S. The van der Waals surface area contributed by atoms with Crippen molar-refractivity contribution in [1.82, 2.24) is 4.98 Å². The highest BCUT2D eigenvalue weighted by Crippen LogP contribution is 2.10. The monoisotopic (exact) mass is 221 g/mol. The fourth-order valence-electron chi connectivity index (χ4n) is 0.892. The van der Waals surface area contributed by atoms with Gasteiger partial charge in [-0.15, -0.1) is 11.3 Å². The first-order valence-electron chi connectivity index (χ1n) is 4.35. The minimum Gasteiger partial charge on any atom is -0.477 e. The lowest BCUT2D eigenvalue weighted by Crippen LogP contribution is -1.94. The number of carboxylic acid groups (broad SMARTS) is 1. The molecule has 1 aromatic carbocycles. The number of benzene rings is 1. The van der Waals surface area contributed by atoms with Gasteiger partial charge in [0.25, 0.3) is 0 Å². The number of nitrogens with zero attached hydrogens (tertiary/aromatic N) is 1. The van der Waals surface area contributed by atoms with E-state index >= 15 is 0 Å². The minimum atomic E-state index is -0.894. The van der Waals surface area contributed by atoms with Crippen molar-refractivity contribution < 1.29 is 9.90 Å². The van der Waals surface area contributed by atoms with Crippen LogP contribution in [0, 0.1) is 6.92 Å². The Balaban J connectivity index is 0.000000162. The maximum Gasteiger partial charge on any atom is 0.347 e. The number of hydrogen-bond acceptors (Lipinski definition) is 3. The Kier molecular flexibility index (Phi) is 4.50. The van der Waals surface area contributed by atoms with Crippen LogP contribution in [-0.4, -0.2) is 16.1 Å². The number of carboxylic acids is 1. The van der Waals surface area contributed by atoms with Crippen molar-refractivity contribution in [3.05, 3.63) is 52.5 Å². The number of hydrogen-bond donors (Lipinski definition) is 1. The van der Waals surface area contributed by atoms with E-state index in [-0.39, 0.29) is 0 Å². The smallest absolute Gasteiger partial charge is 0.347 e. The summed E-state index contributed by atoms with van der Waals surface area (Å²) in [5.41, 5.74) is 2.12. The molecule has 4 heteroatoms. The van der Waals surface area contributed by atoms with Crippen molar-refractivity contribution in [2.45, 2.75) is 6.92 Å². The molecule has 0 spiro atoms. The molecule has 3 nitrogen and oxygen atoms in total. The van der Waals surface area contributed by atoms with Crippen molar-refractivity contribution in [3.8, 4) is 0 Å². The van der Waals surface area contributed by atoms with Crippen LogP contribution >= 0.6 is 11.3 Å². The second-order valence-corrected chi connectivity index (χ2v) is 3.58. The lowest BCUT2D eigenvalue weighted by atomic mass is 10.4. The largest absolute Gasteiger partial charge is 0.477 e. The molecule has 0 radical (unpaired) electrons. The van der Waals surface area contributed by atoms with E-state index in [0.717, 1.165) is 11.3 Å². The third kappa shape index (κ3) is 3.91. The van der Waals surface area contributed by atoms with Gasteiger partial charge in [0, 0.05) is 0 Å². The van der Waals surface area contributed by atoms with Gasteiger partial charge in [-0.25, -0.2) is 9.78 Å². The zero-order valence-electron chi connectivity index (χ0n) is 8.25. The van der Waals surface area contributed by atoms with E-state index in [9.17, 15) is 4.79 Å². The van der Waals surface area contributed by atoms with Gasteiger partial charge in [0.1, 0.15) is 4.88 Å². The van der Waals surface area contributed by atoms with E-state index in [0.29, 0.717) is 10.6 Å². The summed E-state index contributed by atoms with van der Waals surface area (Å²) in [6, 6.07) is 12.0. The molecule has 2 rings (SSSR count). The summed E-state index contributed by atoms with van der Waals surface area (Å²) in [6.07, 6.45) is 0. The molecule has 0 bridgehead atoms. The van der Waals surface area contributed by atoms with Gasteiger partial charge in [-0.3, -0.25) is 0 Å². The number of carbonyl (C=O) groups is 1. The Labute approximate surface area is 92.0 Å². The van der Waals surface area contributed by atoms with Crippen LogP contribution in [0.3, 0.4) is 0 Å². The van der Waals surface area contributed by atoms with Crippen molar-refractivity contribution in [2.24, 2.45) is 0 Å². The van der Waals surface area contributed by atoms with E-state index in [2.05, 4.69) is 4.98 Å². The van der Waals surface area contributed by atoms with Crippen LogP contribution in [0.4, 0.5) is 0 Å². The third-order valence-electron chi connectivity index (χ3n) is 1.61. The van der Waals surface area contributed by atoms with Gasteiger partial charge >= 0.3 is 5.97 Å². The Morgan fingerprint density at radius 1 is 1.20 bits per heavy atom. The lowest BCUT2D eigenvalue weighted by Gasteiger charge is -1.84. The number of aromatic nitrogens is 1. The van der Waals surface area contributed by atoms with Gasteiger partial charge in [0.15, 0.2) is 0 Å². The molecule has 0 amide bonds. The summed E-state index contributed by atoms with van der Waals surface area (Å²) in [6.45, 7) is 1.68. The molecule has 0 fully saturated rings. The summed E-state index contributed by atoms with van der Waals surface area (Å²) in [5.74, 6) is -0.894. The summed E-state index contributed by atoms with van der Waals surface area (Å²) in [5, 5.41) is 8.42. The number of rotatable bonds is 1. The number of aryl methyl sites for hydroxylation is 1. The highest BCUT2D eigenvalue weighted by atomic mass is 32.1. The van der Waals surface area contributed by atoms with E-state index in [4.69, 9.17) is 5.11 Å². The first-order valence-corrected chi connectivity index (χ1v) is 5.23. The fraction of sp³-hybridized carbons (Fsp3) is 0.0909. The molecule has 1 heterocycles. The second kappa shape index (κ2) is 5.93. The molecule has 0 aliphatic carbocycles. The van der Waals surface area contributed by atoms with Crippen LogP contribution in [0.25, 0.3) is 0 Å². The van der Waals surface area contributed by atoms with Gasteiger partial charge in [-0.1, -0.05) is 36.4 Å². The van der Waals surface area contributed by atoms with E-state index in [1.807, 2.05) is 36.4 Å². The van der Waals surface area contributed by atoms with Crippen LogP contribution in [0.2, 0.25) is 0 Å². The normalized spacial score (nSPS) is 8.87. The van der Waals surface area contributed by atoms with Gasteiger partial charge in [-0.2, -0.15) is 0 Å². The first kappa shape index (κ1) is 11.4. The summed E-state index contributed by atoms with van der Waals surface area (Å²) < 4.78 is 0. The average molecular weight is 221 g/mol. The highest BCUT2D eigenvalue weighted by Gasteiger charge is 2.07. The van der Waals surface area contributed by atoms with E-state index in [1.54, 1.807) is 6.92 Å². The van der Waals surface area contributed by atoms with Gasteiger partial charge < -0.3 is 5.11 Å². The molecule has 1 N–H and O–H groups in total. The molecule has 0 saturated heterocycles.